The predicted octanol–water partition coefficient (Wildman–Crippen LogP) is -5.58. The Morgan fingerprint density at radius 2 is 1.12 bits per heavy atom. The van der Waals surface area contributed by atoms with Crippen molar-refractivity contribution < 1.29 is 58.2 Å². The molecule has 3 fully saturated rings. The van der Waals surface area contributed by atoms with Gasteiger partial charge in [0.25, 0.3) is 0 Å². The van der Waals surface area contributed by atoms with Crippen molar-refractivity contribution in [3.05, 3.63) is 0 Å². The number of hydrogen-bond donors (Lipinski definition) is 17. The van der Waals surface area contributed by atoms with Crippen LogP contribution in [0.2, 0.25) is 0 Å². The van der Waals surface area contributed by atoms with Crippen LogP contribution in [-0.4, -0.2) is 176 Å². The Morgan fingerprint density at radius 3 is 1.66 bits per heavy atom. The lowest BCUT2D eigenvalue weighted by molar-refractivity contribution is -0.137. The fraction of sp³-hybridized carbons (Fsp3) is 0.796. The first-order valence-corrected chi connectivity index (χ1v) is 27.0. The van der Waals surface area contributed by atoms with Crippen molar-refractivity contribution in [1.82, 2.24) is 53.2 Å². The Balaban J connectivity index is 2.44. The van der Waals surface area contributed by atoms with Gasteiger partial charge in [0.15, 0.2) is 0 Å². The monoisotopic (exact) mass is 1080 g/mol. The summed E-state index contributed by atoms with van der Waals surface area (Å²) in [5, 5.41) is 47.3. The highest BCUT2D eigenvalue weighted by Gasteiger charge is 2.37. The molecule has 2 saturated heterocycles. The van der Waals surface area contributed by atoms with E-state index in [-0.39, 0.29) is 96.0 Å². The Hall–Kier alpha value is -5.58. The lowest BCUT2D eigenvalue weighted by Crippen LogP contribution is -2.61. The number of carbonyl (C=O) groups excluding carboxylic acids is 10. The SMILES string of the molecule is CC[C@H](C)CCCCC(=O)N[C@@H](CCN)C(=O)N[C@H](C(=O)N[C@@H](CCN)C(=O)N[C@H]1CCNC(=O)[C@H]([C@@H](C)O)NC(=O)[C@H](CCN)NC(=O)[C@H](CCN)NC(=O)C2CCC(CC2)CNC(=O)[C@H](CCN)NC1=O)[C@@H](C)O. The number of rotatable bonds is 25. The van der Waals surface area contributed by atoms with Crippen molar-refractivity contribution in [3.63, 3.8) is 0 Å². The quantitative estimate of drug-likeness (QED) is 0.0299. The number of unbranched alkanes of at least 4 members (excludes halogenated alkanes) is 1. The van der Waals surface area contributed by atoms with Gasteiger partial charge in [-0.25, -0.2) is 0 Å². The molecule has 2 bridgehead atoms. The van der Waals surface area contributed by atoms with E-state index in [2.05, 4.69) is 67.0 Å². The van der Waals surface area contributed by atoms with Gasteiger partial charge in [0.05, 0.1) is 12.2 Å². The Morgan fingerprint density at radius 1 is 0.579 bits per heavy atom. The summed E-state index contributed by atoms with van der Waals surface area (Å²) in [5.41, 5.74) is 29.1. The minimum Gasteiger partial charge on any atom is -0.391 e. The van der Waals surface area contributed by atoms with Gasteiger partial charge < -0.3 is 92.0 Å². The number of amides is 10. The van der Waals surface area contributed by atoms with Crippen LogP contribution in [0, 0.1) is 17.8 Å². The van der Waals surface area contributed by atoms with Gasteiger partial charge in [-0.1, -0.05) is 33.1 Å². The lowest BCUT2D eigenvalue weighted by Gasteiger charge is -2.30. The van der Waals surface area contributed by atoms with Gasteiger partial charge in [0.2, 0.25) is 59.1 Å². The summed E-state index contributed by atoms with van der Waals surface area (Å²) >= 11 is 0. The maximum atomic E-state index is 14.2. The number of nitrogens with one attached hydrogen (secondary N) is 10. The van der Waals surface area contributed by atoms with Crippen LogP contribution in [0.5, 0.6) is 0 Å². The van der Waals surface area contributed by atoms with Gasteiger partial charge in [0, 0.05) is 25.4 Å². The molecule has 1 aliphatic carbocycles. The minimum atomic E-state index is -1.65. The molecule has 2 aliphatic heterocycles. The van der Waals surface area contributed by atoms with Crippen LogP contribution >= 0.6 is 0 Å². The van der Waals surface area contributed by atoms with Crippen LogP contribution in [0.4, 0.5) is 0 Å². The number of hydrogen-bond acceptors (Lipinski definition) is 17. The van der Waals surface area contributed by atoms with Gasteiger partial charge in [-0.05, 0) is 129 Å². The van der Waals surface area contributed by atoms with Crippen molar-refractivity contribution >= 4 is 59.1 Å². The maximum Gasteiger partial charge on any atom is 0.245 e. The number of carbonyl (C=O) groups is 10. The minimum absolute atomic E-state index is 0.000684. The normalized spacial score (nSPS) is 25.0. The van der Waals surface area contributed by atoms with Crippen molar-refractivity contribution in [2.45, 2.75) is 185 Å². The van der Waals surface area contributed by atoms with Crippen molar-refractivity contribution in [2.75, 3.05) is 45.8 Å². The molecule has 27 heteroatoms. The van der Waals surface area contributed by atoms with Crippen LogP contribution in [0.15, 0.2) is 0 Å². The molecule has 0 radical (unpaired) electrons. The highest BCUT2D eigenvalue weighted by molar-refractivity contribution is 5.97. The van der Waals surface area contributed by atoms with Crippen LogP contribution in [-0.2, 0) is 47.9 Å². The summed E-state index contributed by atoms with van der Waals surface area (Å²) < 4.78 is 0. The zero-order valence-corrected chi connectivity index (χ0v) is 44.9. The molecule has 76 heavy (non-hydrogen) atoms. The summed E-state index contributed by atoms with van der Waals surface area (Å²) in [7, 11) is 0. The molecule has 0 aromatic heterocycles. The third-order valence-corrected chi connectivity index (χ3v) is 13.8. The standard InChI is InChI=1S/C49H91N15O12/c1-5-27(2)8-6-7-9-38(67)57-33(15-21-51)46(73)64-40(29(4)66)49(76)62-35(17-23-53)44(71)61-37-19-25-55-48(75)39(28(3)65)63-47(74)36(18-24-54)60-43(70)34(16-22-52)58-41(68)31-12-10-30(11-13-31)26-56-42(69)32(14-20-50)59-45(37)72/h27-37,39-40,65-66H,5-26,50-54H2,1-4H3,(H,55,75)(H,56,69)(H,57,67)(H,58,68)(H,59,72)(H,60,70)(H,61,71)(H,62,76)(H,63,74)(H,64,73)/t27-,28+,29+,30?,31?,32-,33-,34-,35-,36-,37-,39-,40-/m0/s1. The fourth-order valence-electron chi connectivity index (χ4n) is 8.83. The number of fused-ring (bicyclic) bond motifs is 21. The molecule has 0 aromatic rings. The van der Waals surface area contributed by atoms with E-state index in [0.29, 0.717) is 38.0 Å². The Labute approximate surface area is 446 Å². The van der Waals surface area contributed by atoms with E-state index in [4.69, 9.17) is 28.7 Å². The van der Waals surface area contributed by atoms with E-state index < -0.39 is 126 Å². The molecule has 27 nitrogen and oxygen atoms in total. The molecular weight excluding hydrogens is 991 g/mol. The van der Waals surface area contributed by atoms with Crippen molar-refractivity contribution in [3.8, 4) is 0 Å². The van der Waals surface area contributed by atoms with Gasteiger partial charge >= 0.3 is 0 Å². The first-order chi connectivity index (χ1) is 36.1. The molecular formula is C49H91N15O12. The topological polar surface area (TPSA) is 462 Å². The Kier molecular flexibility index (Phi) is 31.2. The number of aliphatic hydroxyl groups excluding tert-OH is 2. The summed E-state index contributed by atoms with van der Waals surface area (Å²) in [5.74, 6) is -7.60. The summed E-state index contributed by atoms with van der Waals surface area (Å²) in [6, 6.07) is -11.1. The summed E-state index contributed by atoms with van der Waals surface area (Å²) in [6.45, 7) is 6.19. The molecule has 0 unspecified atom stereocenters. The predicted molar refractivity (Wildman–Crippen MR) is 281 cm³/mol. The molecule has 22 N–H and O–H groups in total. The highest BCUT2D eigenvalue weighted by atomic mass is 16.3. The summed E-state index contributed by atoms with van der Waals surface area (Å²) in [4.78, 5) is 136. The second-order valence-electron chi connectivity index (χ2n) is 20.1. The smallest absolute Gasteiger partial charge is 0.245 e. The highest BCUT2D eigenvalue weighted by Crippen LogP contribution is 2.29. The average Bonchev–Trinajstić information content (AvgIpc) is 3.38. The number of nitrogens with two attached hydrogens (primary N) is 5. The van der Waals surface area contributed by atoms with Crippen molar-refractivity contribution in [1.29, 1.82) is 0 Å². The molecule has 11 atom stereocenters. The third kappa shape index (κ3) is 23.3. The van der Waals surface area contributed by atoms with Crippen molar-refractivity contribution in [2.24, 2.45) is 46.4 Å². The molecule has 2 heterocycles. The largest absolute Gasteiger partial charge is 0.391 e. The van der Waals surface area contributed by atoms with Gasteiger partial charge in [-0.3, -0.25) is 47.9 Å². The van der Waals surface area contributed by atoms with E-state index in [9.17, 15) is 58.2 Å². The second kappa shape index (κ2) is 35.7. The number of aliphatic hydroxyl groups is 2. The van der Waals surface area contributed by atoms with E-state index in [0.717, 1.165) is 19.3 Å². The molecule has 3 aliphatic rings. The van der Waals surface area contributed by atoms with Crippen LogP contribution < -0.4 is 81.8 Å². The molecule has 1 saturated carbocycles. The van der Waals surface area contributed by atoms with E-state index in [1.165, 1.54) is 13.8 Å². The molecule has 0 spiro atoms. The zero-order chi connectivity index (χ0) is 56.9. The maximum absolute atomic E-state index is 14.2. The molecule has 434 valence electrons. The Bertz CT molecular complexity index is 1890. The van der Waals surface area contributed by atoms with Gasteiger partial charge in [-0.15, -0.1) is 0 Å². The lowest BCUT2D eigenvalue weighted by atomic mass is 9.81. The van der Waals surface area contributed by atoms with Gasteiger partial charge in [-0.2, -0.15) is 0 Å². The van der Waals surface area contributed by atoms with E-state index in [1.54, 1.807) is 0 Å². The third-order valence-electron chi connectivity index (χ3n) is 13.8. The first-order valence-electron chi connectivity index (χ1n) is 27.0. The zero-order valence-electron chi connectivity index (χ0n) is 44.9. The fourth-order valence-corrected chi connectivity index (χ4v) is 8.83. The molecule has 0 aromatic carbocycles. The van der Waals surface area contributed by atoms with Crippen LogP contribution in [0.1, 0.15) is 124 Å². The van der Waals surface area contributed by atoms with Gasteiger partial charge in [0.1, 0.15) is 48.3 Å². The molecule has 3 rings (SSSR count). The summed E-state index contributed by atoms with van der Waals surface area (Å²) in [6.07, 6.45) is 1.79. The molecule has 10 amide bonds. The van der Waals surface area contributed by atoms with Crippen LogP contribution in [0.25, 0.3) is 0 Å². The van der Waals surface area contributed by atoms with E-state index in [1.807, 2.05) is 0 Å². The average molecular weight is 1080 g/mol. The van der Waals surface area contributed by atoms with E-state index >= 15 is 0 Å². The second-order valence-corrected chi connectivity index (χ2v) is 20.1. The van der Waals surface area contributed by atoms with Crippen LogP contribution in [0.3, 0.4) is 0 Å². The first kappa shape index (κ1) is 66.5.